The first kappa shape index (κ1) is 25.9. The zero-order valence-electron chi connectivity index (χ0n) is 23.5. The second-order valence-corrected chi connectivity index (χ2v) is 10.8. The molecule has 1 aliphatic heterocycles. The van der Waals surface area contributed by atoms with E-state index in [0.717, 1.165) is 56.0 Å². The lowest BCUT2D eigenvalue weighted by Crippen LogP contribution is -2.35. The summed E-state index contributed by atoms with van der Waals surface area (Å²) in [6.45, 7) is 0. The molecule has 0 saturated heterocycles. The molecule has 5 aromatic carbocycles. The van der Waals surface area contributed by atoms with Gasteiger partial charge in [-0.25, -0.2) is 9.37 Å². The van der Waals surface area contributed by atoms with Crippen molar-refractivity contribution in [3.8, 4) is 34.3 Å². The van der Waals surface area contributed by atoms with E-state index in [4.69, 9.17) is 19.4 Å². The summed E-state index contributed by atoms with van der Waals surface area (Å²) < 4.78 is 26.6. The largest absolute Gasteiger partial charge is 0.457 e. The molecule has 210 valence electrons. The van der Waals surface area contributed by atoms with Crippen molar-refractivity contribution in [2.75, 3.05) is 0 Å². The number of rotatable bonds is 5. The lowest BCUT2D eigenvalue weighted by molar-refractivity contribution is 0.431. The van der Waals surface area contributed by atoms with Crippen molar-refractivity contribution in [3.05, 3.63) is 180 Å². The molecule has 0 amide bonds. The summed E-state index contributed by atoms with van der Waals surface area (Å²) in [5, 5.41) is 0.760. The van der Waals surface area contributed by atoms with E-state index < -0.39 is 5.41 Å². The highest BCUT2D eigenvalue weighted by Gasteiger charge is 2.46. The topological polar surface area (TPSA) is 44.2 Å². The molecule has 0 bridgehead atoms. The number of halogens is 1. The highest BCUT2D eigenvalue weighted by Crippen LogP contribution is 2.55. The molecule has 4 nitrogen and oxygen atoms in total. The predicted octanol–water partition coefficient (Wildman–Crippen LogP) is 9.72. The molecule has 3 heterocycles. The highest BCUT2D eigenvalue weighted by molar-refractivity contribution is 5.81. The maximum Gasteiger partial charge on any atom is 0.132 e. The van der Waals surface area contributed by atoms with Crippen LogP contribution in [0.5, 0.6) is 23.0 Å². The molecule has 0 unspecified atom stereocenters. The van der Waals surface area contributed by atoms with Crippen LogP contribution in [0.3, 0.4) is 0 Å². The first-order valence-electron chi connectivity index (χ1n) is 14.4. The number of pyridine rings is 2. The lowest BCUT2D eigenvalue weighted by atomic mass is 9.65. The molecule has 0 atom stereocenters. The molecule has 0 N–H and O–H groups in total. The van der Waals surface area contributed by atoms with Gasteiger partial charge in [0.05, 0.1) is 22.3 Å². The van der Waals surface area contributed by atoms with Gasteiger partial charge in [0.25, 0.3) is 0 Å². The average molecular weight is 573 g/mol. The van der Waals surface area contributed by atoms with E-state index in [-0.39, 0.29) is 5.82 Å². The van der Waals surface area contributed by atoms with Crippen LogP contribution in [0.25, 0.3) is 22.2 Å². The van der Waals surface area contributed by atoms with Crippen LogP contribution in [-0.2, 0) is 5.41 Å². The summed E-state index contributed by atoms with van der Waals surface area (Å²) in [6, 6.07) is 46.8. The molecule has 44 heavy (non-hydrogen) atoms. The van der Waals surface area contributed by atoms with E-state index in [9.17, 15) is 4.39 Å². The second kappa shape index (κ2) is 10.5. The van der Waals surface area contributed by atoms with Gasteiger partial charge in [0.15, 0.2) is 0 Å². The van der Waals surface area contributed by atoms with E-state index >= 15 is 0 Å². The van der Waals surface area contributed by atoms with Crippen molar-refractivity contribution in [2.24, 2.45) is 0 Å². The Bertz CT molecular complexity index is 2120. The van der Waals surface area contributed by atoms with Gasteiger partial charge in [-0.1, -0.05) is 72.8 Å². The third kappa shape index (κ3) is 4.29. The van der Waals surface area contributed by atoms with Crippen LogP contribution in [0, 0.1) is 5.82 Å². The van der Waals surface area contributed by atoms with Gasteiger partial charge in [-0.2, -0.15) is 0 Å². The molecular weight excluding hydrogens is 547 g/mol. The second-order valence-electron chi connectivity index (χ2n) is 10.8. The van der Waals surface area contributed by atoms with E-state index in [2.05, 4.69) is 30.3 Å². The smallest absolute Gasteiger partial charge is 0.132 e. The fourth-order valence-electron chi connectivity index (χ4n) is 6.22. The van der Waals surface area contributed by atoms with Crippen molar-refractivity contribution in [2.45, 2.75) is 5.41 Å². The van der Waals surface area contributed by atoms with Crippen LogP contribution >= 0.6 is 0 Å². The lowest BCUT2D eigenvalue weighted by Gasteiger charge is -2.40. The van der Waals surface area contributed by atoms with Gasteiger partial charge in [-0.15, -0.1) is 0 Å². The fourth-order valence-corrected chi connectivity index (χ4v) is 6.22. The average Bonchev–Trinajstić information content (AvgIpc) is 3.07. The van der Waals surface area contributed by atoms with E-state index in [0.29, 0.717) is 11.5 Å². The van der Waals surface area contributed by atoms with E-state index in [1.807, 2.05) is 103 Å². The Hall–Kier alpha value is -5.81. The molecule has 8 rings (SSSR count). The number of ether oxygens (including phenoxy) is 2. The molecule has 0 spiro atoms. The van der Waals surface area contributed by atoms with Gasteiger partial charge in [-0.05, 0) is 78.4 Å². The molecule has 0 saturated carbocycles. The van der Waals surface area contributed by atoms with Gasteiger partial charge < -0.3 is 9.47 Å². The zero-order valence-corrected chi connectivity index (χ0v) is 23.5. The molecule has 1 aliphatic rings. The Morgan fingerprint density at radius 3 is 2.11 bits per heavy atom. The van der Waals surface area contributed by atoms with Gasteiger partial charge in [0.1, 0.15) is 28.8 Å². The van der Waals surface area contributed by atoms with Crippen LogP contribution in [0.15, 0.2) is 152 Å². The van der Waals surface area contributed by atoms with Crippen LogP contribution in [-0.4, -0.2) is 9.97 Å². The van der Waals surface area contributed by atoms with Crippen LogP contribution < -0.4 is 9.47 Å². The predicted molar refractivity (Wildman–Crippen MR) is 170 cm³/mol. The quantitative estimate of drug-likeness (QED) is 0.206. The molecule has 0 aliphatic carbocycles. The molecule has 7 aromatic rings. The first-order chi connectivity index (χ1) is 21.7. The van der Waals surface area contributed by atoms with E-state index in [1.165, 1.54) is 12.1 Å². The molecule has 0 fully saturated rings. The number of hydrogen-bond donors (Lipinski definition) is 0. The maximum absolute atomic E-state index is 13.7. The van der Waals surface area contributed by atoms with Crippen LogP contribution in [0.4, 0.5) is 4.39 Å². The molecule has 5 heteroatoms. The number of hydrogen-bond acceptors (Lipinski definition) is 4. The standard InChI is InChI=1S/C39H25FN2O2/c40-29-19-21-35-27(23-29)18-20-34(42-35)26-9-7-11-30(24-26)43-31-12-8-10-28(25-31)39(38-17-5-6-22-41-38)32-13-1-3-15-36(32)44-37-16-4-2-14-33(37)39/h1-25H. The fraction of sp³-hybridized carbons (Fsp3) is 0.0256. The summed E-state index contributed by atoms with van der Waals surface area (Å²) >= 11 is 0. The van der Waals surface area contributed by atoms with E-state index in [1.54, 1.807) is 6.07 Å². The summed E-state index contributed by atoms with van der Waals surface area (Å²) in [4.78, 5) is 9.66. The summed E-state index contributed by atoms with van der Waals surface area (Å²) in [6.07, 6.45) is 1.83. The minimum absolute atomic E-state index is 0.276. The molecular formula is C39H25FN2O2. The maximum atomic E-state index is 13.7. The SMILES string of the molecule is Fc1ccc2nc(-c3cccc(Oc4cccc(C5(c6ccccn6)c6ccccc6Oc6ccccc65)c4)c3)ccc2c1. The number of aromatic nitrogens is 2. The monoisotopic (exact) mass is 572 g/mol. The third-order valence-electron chi connectivity index (χ3n) is 8.13. The minimum Gasteiger partial charge on any atom is -0.457 e. The Balaban J connectivity index is 1.23. The highest BCUT2D eigenvalue weighted by atomic mass is 19.1. The normalized spacial score (nSPS) is 13.0. The summed E-state index contributed by atoms with van der Waals surface area (Å²) in [7, 11) is 0. The molecule has 0 radical (unpaired) electrons. The van der Waals surface area contributed by atoms with Crippen molar-refractivity contribution in [3.63, 3.8) is 0 Å². The van der Waals surface area contributed by atoms with Crippen molar-refractivity contribution in [1.82, 2.24) is 9.97 Å². The number of nitrogens with zero attached hydrogens (tertiary/aromatic N) is 2. The van der Waals surface area contributed by atoms with Crippen LogP contribution in [0.1, 0.15) is 22.4 Å². The number of fused-ring (bicyclic) bond motifs is 3. The van der Waals surface area contributed by atoms with Crippen molar-refractivity contribution >= 4 is 10.9 Å². The Labute approximate surface area is 254 Å². The van der Waals surface area contributed by atoms with Gasteiger partial charge in [-0.3, -0.25) is 4.98 Å². The van der Waals surface area contributed by atoms with Crippen molar-refractivity contribution in [1.29, 1.82) is 0 Å². The minimum atomic E-state index is -0.734. The number of benzene rings is 5. The van der Waals surface area contributed by atoms with Crippen molar-refractivity contribution < 1.29 is 13.9 Å². The summed E-state index contributed by atoms with van der Waals surface area (Å²) in [5.41, 5.74) is 5.62. The third-order valence-corrected chi connectivity index (χ3v) is 8.13. The summed E-state index contributed by atoms with van der Waals surface area (Å²) in [5.74, 6) is 2.68. The Morgan fingerprint density at radius 1 is 0.614 bits per heavy atom. The van der Waals surface area contributed by atoms with Gasteiger partial charge >= 0.3 is 0 Å². The number of para-hydroxylation sites is 2. The zero-order chi connectivity index (χ0) is 29.5. The Kier molecular flexibility index (Phi) is 6.16. The Morgan fingerprint density at radius 2 is 1.34 bits per heavy atom. The van der Waals surface area contributed by atoms with Gasteiger partial charge in [0, 0.05) is 28.3 Å². The molecule has 2 aromatic heterocycles. The van der Waals surface area contributed by atoms with Gasteiger partial charge in [0.2, 0.25) is 0 Å². The van der Waals surface area contributed by atoms with Crippen LogP contribution in [0.2, 0.25) is 0 Å². The first-order valence-corrected chi connectivity index (χ1v) is 14.4.